The minimum atomic E-state index is -0.189. The van der Waals surface area contributed by atoms with E-state index in [0.29, 0.717) is 13.0 Å². The number of ether oxygens (including phenoxy) is 1. The van der Waals surface area contributed by atoms with Crippen molar-refractivity contribution in [1.29, 1.82) is 0 Å². The Hall–Kier alpha value is -1.06. The van der Waals surface area contributed by atoms with Crippen LogP contribution in [-0.4, -0.2) is 24.4 Å². The molecule has 0 aliphatic carbocycles. The molecule has 16 heavy (non-hydrogen) atoms. The van der Waals surface area contributed by atoms with Gasteiger partial charge in [-0.05, 0) is 43.9 Å². The zero-order valence-corrected chi connectivity index (χ0v) is 10.3. The van der Waals surface area contributed by atoms with Crippen molar-refractivity contribution in [2.75, 3.05) is 13.2 Å². The molecule has 1 atom stereocenters. The molecule has 1 unspecified atom stereocenters. The molecule has 0 fully saturated rings. The standard InChI is InChI=1S/C13H21NO2/c1-9-4-5-10(2)13(11(9)3)16-7-6-12(14)8-15/h4-5,12,15H,6-8,14H2,1-3H3. The van der Waals surface area contributed by atoms with E-state index in [-0.39, 0.29) is 12.6 Å². The lowest BCUT2D eigenvalue weighted by molar-refractivity contribution is 0.229. The summed E-state index contributed by atoms with van der Waals surface area (Å²) in [4.78, 5) is 0. The summed E-state index contributed by atoms with van der Waals surface area (Å²) >= 11 is 0. The predicted octanol–water partition coefficient (Wildman–Crippen LogP) is 1.70. The van der Waals surface area contributed by atoms with Gasteiger partial charge in [-0.2, -0.15) is 0 Å². The van der Waals surface area contributed by atoms with E-state index in [1.807, 2.05) is 6.92 Å². The molecule has 0 radical (unpaired) electrons. The van der Waals surface area contributed by atoms with Crippen LogP contribution in [-0.2, 0) is 0 Å². The molecule has 3 N–H and O–H groups in total. The predicted molar refractivity (Wildman–Crippen MR) is 65.8 cm³/mol. The first-order valence-corrected chi connectivity index (χ1v) is 5.62. The molecule has 1 rings (SSSR count). The Labute approximate surface area is 97.2 Å². The van der Waals surface area contributed by atoms with Crippen molar-refractivity contribution >= 4 is 0 Å². The summed E-state index contributed by atoms with van der Waals surface area (Å²) in [7, 11) is 0. The monoisotopic (exact) mass is 223 g/mol. The highest BCUT2D eigenvalue weighted by atomic mass is 16.5. The van der Waals surface area contributed by atoms with E-state index >= 15 is 0 Å². The van der Waals surface area contributed by atoms with Gasteiger partial charge in [-0.15, -0.1) is 0 Å². The second-order valence-corrected chi connectivity index (χ2v) is 4.23. The van der Waals surface area contributed by atoms with Gasteiger partial charge in [-0.25, -0.2) is 0 Å². The Morgan fingerprint density at radius 1 is 1.25 bits per heavy atom. The summed E-state index contributed by atoms with van der Waals surface area (Å²) in [6, 6.07) is 3.96. The number of rotatable bonds is 5. The Balaban J connectivity index is 2.63. The minimum Gasteiger partial charge on any atom is -0.493 e. The third-order valence-corrected chi connectivity index (χ3v) is 2.84. The average molecular weight is 223 g/mol. The van der Waals surface area contributed by atoms with Crippen LogP contribution in [0.25, 0.3) is 0 Å². The molecule has 0 aliphatic heterocycles. The first-order chi connectivity index (χ1) is 7.56. The number of aryl methyl sites for hydroxylation is 2. The summed E-state index contributed by atoms with van der Waals surface area (Å²) < 4.78 is 5.73. The van der Waals surface area contributed by atoms with Crippen LogP contribution in [0.15, 0.2) is 12.1 Å². The maximum absolute atomic E-state index is 8.80. The van der Waals surface area contributed by atoms with E-state index < -0.39 is 0 Å². The maximum Gasteiger partial charge on any atom is 0.125 e. The van der Waals surface area contributed by atoms with Gasteiger partial charge in [0.05, 0.1) is 13.2 Å². The van der Waals surface area contributed by atoms with Gasteiger partial charge in [0.1, 0.15) is 5.75 Å². The lowest BCUT2D eigenvalue weighted by Gasteiger charge is -2.15. The van der Waals surface area contributed by atoms with Crippen LogP contribution in [0.2, 0.25) is 0 Å². The number of benzene rings is 1. The van der Waals surface area contributed by atoms with Gasteiger partial charge in [0.25, 0.3) is 0 Å². The van der Waals surface area contributed by atoms with Crippen molar-refractivity contribution in [2.45, 2.75) is 33.2 Å². The number of hydrogen-bond donors (Lipinski definition) is 2. The largest absolute Gasteiger partial charge is 0.493 e. The Morgan fingerprint density at radius 3 is 2.50 bits per heavy atom. The van der Waals surface area contributed by atoms with E-state index in [1.54, 1.807) is 0 Å². The van der Waals surface area contributed by atoms with Crippen molar-refractivity contribution in [3.63, 3.8) is 0 Å². The molecule has 0 spiro atoms. The quantitative estimate of drug-likeness (QED) is 0.799. The third kappa shape index (κ3) is 3.22. The SMILES string of the molecule is Cc1ccc(C)c(OCCC(N)CO)c1C. The zero-order chi connectivity index (χ0) is 12.1. The van der Waals surface area contributed by atoms with Crippen LogP contribution in [0.5, 0.6) is 5.75 Å². The molecule has 1 aromatic carbocycles. The first-order valence-electron chi connectivity index (χ1n) is 5.62. The van der Waals surface area contributed by atoms with Gasteiger partial charge in [-0.3, -0.25) is 0 Å². The smallest absolute Gasteiger partial charge is 0.125 e. The van der Waals surface area contributed by atoms with E-state index in [9.17, 15) is 0 Å². The van der Waals surface area contributed by atoms with Gasteiger partial charge in [0, 0.05) is 6.04 Å². The molecule has 3 nitrogen and oxygen atoms in total. The lowest BCUT2D eigenvalue weighted by atomic mass is 10.1. The van der Waals surface area contributed by atoms with Crippen LogP contribution >= 0.6 is 0 Å². The lowest BCUT2D eigenvalue weighted by Crippen LogP contribution is -2.26. The molecule has 0 saturated heterocycles. The fourth-order valence-corrected chi connectivity index (χ4v) is 1.55. The Kier molecular flexibility index (Phi) is 4.77. The Morgan fingerprint density at radius 2 is 1.88 bits per heavy atom. The van der Waals surface area contributed by atoms with E-state index in [1.165, 1.54) is 11.1 Å². The van der Waals surface area contributed by atoms with Crippen LogP contribution in [0.1, 0.15) is 23.1 Å². The van der Waals surface area contributed by atoms with Crippen LogP contribution in [0.4, 0.5) is 0 Å². The summed E-state index contributed by atoms with van der Waals surface area (Å²) in [5.41, 5.74) is 9.16. The molecule has 0 amide bonds. The van der Waals surface area contributed by atoms with E-state index in [2.05, 4.69) is 26.0 Å². The fourth-order valence-electron chi connectivity index (χ4n) is 1.55. The topological polar surface area (TPSA) is 55.5 Å². The molecule has 90 valence electrons. The molecule has 0 bridgehead atoms. The minimum absolute atomic E-state index is 0.00907. The number of aliphatic hydroxyl groups excluding tert-OH is 1. The summed E-state index contributed by atoms with van der Waals surface area (Å²) in [6.45, 7) is 6.72. The van der Waals surface area contributed by atoms with Crippen molar-refractivity contribution in [1.82, 2.24) is 0 Å². The molecular weight excluding hydrogens is 202 g/mol. The zero-order valence-electron chi connectivity index (χ0n) is 10.3. The number of nitrogens with two attached hydrogens (primary N) is 1. The first kappa shape index (κ1) is 13.0. The Bertz CT molecular complexity index is 350. The molecule has 1 aromatic rings. The van der Waals surface area contributed by atoms with Gasteiger partial charge in [0.15, 0.2) is 0 Å². The summed E-state index contributed by atoms with van der Waals surface area (Å²) in [5.74, 6) is 0.949. The highest BCUT2D eigenvalue weighted by Gasteiger charge is 2.07. The molecular formula is C13H21NO2. The molecule has 0 aliphatic rings. The highest BCUT2D eigenvalue weighted by Crippen LogP contribution is 2.25. The highest BCUT2D eigenvalue weighted by molar-refractivity contribution is 5.44. The second kappa shape index (κ2) is 5.87. The molecule has 0 saturated carbocycles. The van der Waals surface area contributed by atoms with E-state index in [4.69, 9.17) is 15.6 Å². The van der Waals surface area contributed by atoms with Gasteiger partial charge in [0.2, 0.25) is 0 Å². The maximum atomic E-state index is 8.80. The van der Waals surface area contributed by atoms with Crippen molar-refractivity contribution in [3.8, 4) is 5.75 Å². The van der Waals surface area contributed by atoms with Crippen molar-refractivity contribution in [3.05, 3.63) is 28.8 Å². The fraction of sp³-hybridized carbons (Fsp3) is 0.538. The van der Waals surface area contributed by atoms with E-state index in [0.717, 1.165) is 11.3 Å². The molecule has 0 heterocycles. The molecule has 0 aromatic heterocycles. The summed E-state index contributed by atoms with van der Waals surface area (Å²) in [5, 5.41) is 8.80. The number of aliphatic hydroxyl groups is 1. The van der Waals surface area contributed by atoms with Crippen molar-refractivity contribution in [2.24, 2.45) is 5.73 Å². The third-order valence-electron chi connectivity index (χ3n) is 2.84. The summed E-state index contributed by atoms with van der Waals surface area (Å²) in [6.07, 6.45) is 0.670. The van der Waals surface area contributed by atoms with Gasteiger partial charge < -0.3 is 15.6 Å². The van der Waals surface area contributed by atoms with Crippen molar-refractivity contribution < 1.29 is 9.84 Å². The van der Waals surface area contributed by atoms with Gasteiger partial charge >= 0.3 is 0 Å². The van der Waals surface area contributed by atoms with Gasteiger partial charge in [-0.1, -0.05) is 12.1 Å². The molecule has 3 heteroatoms. The normalized spacial score (nSPS) is 12.6. The van der Waals surface area contributed by atoms with Crippen LogP contribution in [0.3, 0.4) is 0 Å². The second-order valence-electron chi connectivity index (χ2n) is 4.23. The average Bonchev–Trinajstić information content (AvgIpc) is 2.28. The number of hydrogen-bond acceptors (Lipinski definition) is 3. The van der Waals surface area contributed by atoms with Crippen LogP contribution < -0.4 is 10.5 Å². The van der Waals surface area contributed by atoms with Crippen LogP contribution in [0, 0.1) is 20.8 Å².